The molecule has 1 aromatic heterocycles. The van der Waals surface area contributed by atoms with Crippen LogP contribution in [-0.2, 0) is 0 Å². The summed E-state index contributed by atoms with van der Waals surface area (Å²) in [4.78, 5) is 3.92. The van der Waals surface area contributed by atoms with Crippen molar-refractivity contribution in [1.82, 2.24) is 4.98 Å². The summed E-state index contributed by atoms with van der Waals surface area (Å²) in [6.07, 6.45) is 6.59. The van der Waals surface area contributed by atoms with Gasteiger partial charge in [0, 0.05) is 24.4 Å². The Morgan fingerprint density at radius 1 is 1.23 bits per heavy atom. The van der Waals surface area contributed by atoms with E-state index < -0.39 is 0 Å². The molecule has 1 aromatic rings. The van der Waals surface area contributed by atoms with Gasteiger partial charge in [-0.1, -0.05) is 11.8 Å². The molecule has 0 unspecified atom stereocenters. The fraction of sp³-hybridized carbons (Fsp3) is 0.364. The van der Waals surface area contributed by atoms with Crippen molar-refractivity contribution < 1.29 is 0 Å². The van der Waals surface area contributed by atoms with Crippen molar-refractivity contribution in [3.05, 3.63) is 30.1 Å². The van der Waals surface area contributed by atoms with Gasteiger partial charge in [-0.15, -0.1) is 0 Å². The lowest BCUT2D eigenvalue weighted by Gasteiger charge is -1.89. The molecule has 2 heteroatoms. The molecule has 2 nitrogen and oxygen atoms in total. The van der Waals surface area contributed by atoms with E-state index in [-0.39, 0.29) is 0 Å². The van der Waals surface area contributed by atoms with E-state index in [4.69, 9.17) is 5.73 Å². The van der Waals surface area contributed by atoms with Crippen molar-refractivity contribution >= 4 is 0 Å². The van der Waals surface area contributed by atoms with Gasteiger partial charge >= 0.3 is 0 Å². The second kappa shape index (κ2) is 6.22. The summed E-state index contributed by atoms with van der Waals surface area (Å²) in [5, 5.41) is 0. The van der Waals surface area contributed by atoms with Crippen molar-refractivity contribution in [2.24, 2.45) is 5.73 Å². The third-order valence-corrected chi connectivity index (χ3v) is 1.67. The van der Waals surface area contributed by atoms with E-state index in [1.807, 2.05) is 12.1 Å². The minimum atomic E-state index is 0.761. The van der Waals surface area contributed by atoms with Crippen molar-refractivity contribution in [2.75, 3.05) is 6.54 Å². The van der Waals surface area contributed by atoms with Crippen LogP contribution >= 0.6 is 0 Å². The number of nitrogens with two attached hydrogens (primary N) is 1. The molecular formula is C11H14N2. The van der Waals surface area contributed by atoms with Crippen molar-refractivity contribution in [2.45, 2.75) is 19.3 Å². The van der Waals surface area contributed by atoms with Gasteiger partial charge in [0.1, 0.15) is 0 Å². The zero-order chi connectivity index (χ0) is 9.36. The van der Waals surface area contributed by atoms with Gasteiger partial charge in [-0.25, -0.2) is 0 Å². The van der Waals surface area contributed by atoms with Gasteiger partial charge < -0.3 is 5.73 Å². The molecule has 0 amide bonds. The Bertz CT molecular complexity index is 282. The summed E-state index contributed by atoms with van der Waals surface area (Å²) in [7, 11) is 0. The Morgan fingerprint density at radius 3 is 2.69 bits per heavy atom. The maximum absolute atomic E-state index is 5.37. The standard InChI is InChI=1S/C11H14N2/c12-8-4-2-1-3-5-11-6-9-13-10-7-11/h6-7,9-10H,1-2,4,8,12H2. The molecule has 68 valence electrons. The molecule has 0 fully saturated rings. The van der Waals surface area contributed by atoms with E-state index in [1.165, 1.54) is 0 Å². The van der Waals surface area contributed by atoms with Gasteiger partial charge in [0.2, 0.25) is 0 Å². The molecule has 0 aromatic carbocycles. The van der Waals surface area contributed by atoms with Gasteiger partial charge in [-0.3, -0.25) is 4.98 Å². The normalized spacial score (nSPS) is 9.00. The molecule has 0 radical (unpaired) electrons. The molecule has 13 heavy (non-hydrogen) atoms. The average molecular weight is 174 g/mol. The molecule has 0 saturated carbocycles. The minimum absolute atomic E-state index is 0.761. The van der Waals surface area contributed by atoms with Crippen molar-refractivity contribution in [3.8, 4) is 11.8 Å². The first-order chi connectivity index (χ1) is 6.43. The van der Waals surface area contributed by atoms with E-state index in [9.17, 15) is 0 Å². The highest BCUT2D eigenvalue weighted by Gasteiger charge is 1.83. The first-order valence-corrected chi connectivity index (χ1v) is 4.52. The molecule has 1 rings (SSSR count). The third-order valence-electron chi connectivity index (χ3n) is 1.67. The monoisotopic (exact) mass is 174 g/mol. The number of hydrogen-bond acceptors (Lipinski definition) is 2. The Labute approximate surface area is 79.2 Å². The molecule has 0 bridgehead atoms. The maximum Gasteiger partial charge on any atom is 0.0280 e. The zero-order valence-corrected chi connectivity index (χ0v) is 7.66. The number of pyridine rings is 1. The van der Waals surface area contributed by atoms with Crippen LogP contribution in [-0.4, -0.2) is 11.5 Å². The Morgan fingerprint density at radius 2 is 2.00 bits per heavy atom. The molecule has 0 aliphatic heterocycles. The molecule has 0 aliphatic rings. The van der Waals surface area contributed by atoms with E-state index in [2.05, 4.69) is 16.8 Å². The SMILES string of the molecule is NCCCCC#Cc1ccncc1. The number of hydrogen-bond donors (Lipinski definition) is 1. The lowest BCUT2D eigenvalue weighted by atomic mass is 10.2. The second-order valence-corrected chi connectivity index (χ2v) is 2.78. The van der Waals surface area contributed by atoms with Crippen LogP contribution in [0.5, 0.6) is 0 Å². The Balaban J connectivity index is 2.31. The number of rotatable bonds is 3. The van der Waals surface area contributed by atoms with E-state index >= 15 is 0 Å². The van der Waals surface area contributed by atoms with Crippen LogP contribution in [0.15, 0.2) is 24.5 Å². The van der Waals surface area contributed by atoms with Crippen LogP contribution in [0.1, 0.15) is 24.8 Å². The second-order valence-electron chi connectivity index (χ2n) is 2.78. The lowest BCUT2D eigenvalue weighted by molar-refractivity contribution is 0.768. The average Bonchev–Trinajstić information content (AvgIpc) is 2.19. The largest absolute Gasteiger partial charge is 0.330 e. The summed E-state index contributed by atoms with van der Waals surface area (Å²) < 4.78 is 0. The van der Waals surface area contributed by atoms with Crippen LogP contribution in [0, 0.1) is 11.8 Å². The van der Waals surface area contributed by atoms with E-state index in [1.54, 1.807) is 12.4 Å². The van der Waals surface area contributed by atoms with Crippen LogP contribution in [0.2, 0.25) is 0 Å². The number of unbranched alkanes of at least 4 members (excludes halogenated alkanes) is 2. The number of aromatic nitrogens is 1. The predicted octanol–water partition coefficient (Wildman–Crippen LogP) is 1.56. The molecule has 0 atom stereocenters. The lowest BCUT2D eigenvalue weighted by Crippen LogP contribution is -1.96. The molecular weight excluding hydrogens is 160 g/mol. The summed E-state index contributed by atoms with van der Waals surface area (Å²) in [6, 6.07) is 3.83. The minimum Gasteiger partial charge on any atom is -0.330 e. The Hall–Kier alpha value is -1.33. The van der Waals surface area contributed by atoms with Crippen molar-refractivity contribution in [3.63, 3.8) is 0 Å². The Kier molecular flexibility index (Phi) is 4.66. The molecule has 0 saturated heterocycles. The summed E-state index contributed by atoms with van der Waals surface area (Å²) in [5.74, 6) is 6.18. The molecule has 2 N–H and O–H groups in total. The molecule has 1 heterocycles. The predicted molar refractivity (Wildman–Crippen MR) is 54.0 cm³/mol. The van der Waals surface area contributed by atoms with Crippen molar-refractivity contribution in [1.29, 1.82) is 0 Å². The smallest absolute Gasteiger partial charge is 0.0280 e. The van der Waals surface area contributed by atoms with Gasteiger partial charge in [-0.2, -0.15) is 0 Å². The van der Waals surface area contributed by atoms with Gasteiger partial charge in [-0.05, 0) is 31.5 Å². The maximum atomic E-state index is 5.37. The fourth-order valence-corrected chi connectivity index (χ4v) is 0.958. The highest BCUT2D eigenvalue weighted by molar-refractivity contribution is 5.31. The summed E-state index contributed by atoms with van der Waals surface area (Å²) in [6.45, 7) is 0.761. The third kappa shape index (κ3) is 4.29. The molecule has 0 spiro atoms. The highest BCUT2D eigenvalue weighted by Crippen LogP contribution is 1.94. The highest BCUT2D eigenvalue weighted by atomic mass is 14.6. The van der Waals surface area contributed by atoms with E-state index in [0.29, 0.717) is 0 Å². The van der Waals surface area contributed by atoms with Gasteiger partial charge in [0.25, 0.3) is 0 Å². The van der Waals surface area contributed by atoms with Crippen LogP contribution in [0.3, 0.4) is 0 Å². The van der Waals surface area contributed by atoms with Crippen LogP contribution < -0.4 is 5.73 Å². The summed E-state index contributed by atoms with van der Waals surface area (Å²) in [5.41, 5.74) is 6.40. The quantitative estimate of drug-likeness (QED) is 0.558. The number of nitrogens with zero attached hydrogens (tertiary/aromatic N) is 1. The van der Waals surface area contributed by atoms with E-state index in [0.717, 1.165) is 31.4 Å². The molecule has 0 aliphatic carbocycles. The topological polar surface area (TPSA) is 38.9 Å². The van der Waals surface area contributed by atoms with Gasteiger partial charge in [0.15, 0.2) is 0 Å². The first-order valence-electron chi connectivity index (χ1n) is 4.52. The zero-order valence-electron chi connectivity index (χ0n) is 7.66. The van der Waals surface area contributed by atoms with Gasteiger partial charge in [0.05, 0.1) is 0 Å². The van der Waals surface area contributed by atoms with Crippen LogP contribution in [0.25, 0.3) is 0 Å². The summed E-state index contributed by atoms with van der Waals surface area (Å²) >= 11 is 0. The fourth-order valence-electron chi connectivity index (χ4n) is 0.958. The van der Waals surface area contributed by atoms with Crippen LogP contribution in [0.4, 0.5) is 0 Å². The first kappa shape index (κ1) is 9.76.